The van der Waals surface area contributed by atoms with Gasteiger partial charge in [0.2, 0.25) is 0 Å². The Morgan fingerprint density at radius 2 is 1.77 bits per heavy atom. The Hall–Kier alpha value is -2.63. The Labute approximate surface area is 152 Å². The molecule has 140 valence electrons. The second-order valence-corrected chi connectivity index (χ2v) is 6.38. The van der Waals surface area contributed by atoms with Gasteiger partial charge >= 0.3 is 11.7 Å². The fraction of sp³-hybridized carbons (Fsp3) is 0.450. The zero-order chi connectivity index (χ0) is 18.9. The number of nitro groups is 1. The number of hydrogen-bond donors (Lipinski definition) is 1. The van der Waals surface area contributed by atoms with Crippen molar-refractivity contribution < 1.29 is 19.6 Å². The second kappa shape index (κ2) is 9.75. The van der Waals surface area contributed by atoms with Gasteiger partial charge in [-0.25, -0.2) is 4.79 Å². The number of hydrogen-bond acceptors (Lipinski definition) is 4. The molecule has 0 spiro atoms. The van der Waals surface area contributed by atoms with Gasteiger partial charge in [-0.15, -0.1) is 0 Å². The molecule has 0 aliphatic rings. The zero-order valence-electron chi connectivity index (χ0n) is 15.1. The van der Waals surface area contributed by atoms with E-state index in [0.717, 1.165) is 19.3 Å². The maximum Gasteiger partial charge on any atom is 0.335 e. The molecule has 2 aromatic carbocycles. The molecule has 0 unspecified atom stereocenters. The Bertz CT molecular complexity index is 772. The summed E-state index contributed by atoms with van der Waals surface area (Å²) in [6.45, 7) is 2.63. The lowest BCUT2D eigenvalue weighted by molar-refractivity contribution is -0.384. The summed E-state index contributed by atoms with van der Waals surface area (Å²) in [5, 5.41) is 21.5. The van der Waals surface area contributed by atoms with Crippen molar-refractivity contribution in [2.75, 3.05) is 6.61 Å². The van der Waals surface area contributed by atoms with Crippen LogP contribution in [0.4, 0.5) is 5.69 Å². The third kappa shape index (κ3) is 5.18. The van der Waals surface area contributed by atoms with E-state index in [-0.39, 0.29) is 17.0 Å². The molecule has 0 saturated heterocycles. The second-order valence-electron chi connectivity index (χ2n) is 6.38. The lowest BCUT2D eigenvalue weighted by Gasteiger charge is -2.09. The molecule has 0 aromatic heterocycles. The molecule has 1 N–H and O–H groups in total. The largest absolute Gasteiger partial charge is 0.487 e. The lowest BCUT2D eigenvalue weighted by Crippen LogP contribution is -2.02. The van der Waals surface area contributed by atoms with E-state index < -0.39 is 10.9 Å². The molecule has 0 aliphatic carbocycles. The van der Waals surface area contributed by atoms with Crippen LogP contribution >= 0.6 is 0 Å². The molecule has 0 aliphatic heterocycles. The molecule has 0 atom stereocenters. The summed E-state index contributed by atoms with van der Waals surface area (Å²) in [5.74, 6) is -0.828. The summed E-state index contributed by atoms with van der Waals surface area (Å²) in [7, 11) is 0. The number of nitro benzene ring substituents is 1. The van der Waals surface area contributed by atoms with Crippen LogP contribution in [0.5, 0.6) is 5.75 Å². The van der Waals surface area contributed by atoms with Crippen molar-refractivity contribution in [1.29, 1.82) is 0 Å². The average Bonchev–Trinajstić information content (AvgIpc) is 2.62. The number of unbranched alkanes of at least 4 members (excludes halogenated alkanes) is 6. The highest BCUT2D eigenvalue weighted by atomic mass is 16.6. The van der Waals surface area contributed by atoms with E-state index in [0.29, 0.717) is 17.4 Å². The molecular formula is C20H25NO5. The van der Waals surface area contributed by atoms with Crippen molar-refractivity contribution in [3.8, 4) is 5.75 Å². The Morgan fingerprint density at radius 3 is 2.42 bits per heavy atom. The van der Waals surface area contributed by atoms with Crippen LogP contribution in [0.1, 0.15) is 62.2 Å². The highest BCUT2D eigenvalue weighted by Gasteiger charge is 2.20. The summed E-state index contributed by atoms with van der Waals surface area (Å²) in [6.07, 6.45) is 8.03. The fourth-order valence-corrected chi connectivity index (χ4v) is 2.97. The number of carboxylic acid groups (broad SMARTS) is 1. The monoisotopic (exact) mass is 359 g/mol. The highest BCUT2D eigenvalue weighted by molar-refractivity contribution is 5.99. The summed E-state index contributed by atoms with van der Waals surface area (Å²) < 4.78 is 5.65. The predicted molar refractivity (Wildman–Crippen MR) is 101 cm³/mol. The first kappa shape index (κ1) is 19.7. The Balaban J connectivity index is 2.03. The van der Waals surface area contributed by atoms with Crippen molar-refractivity contribution in [3.63, 3.8) is 0 Å². The minimum absolute atomic E-state index is 0.100. The van der Waals surface area contributed by atoms with Crippen LogP contribution in [0.15, 0.2) is 30.3 Å². The van der Waals surface area contributed by atoms with Gasteiger partial charge in [0, 0.05) is 0 Å². The third-order valence-electron chi connectivity index (χ3n) is 4.39. The molecule has 0 amide bonds. The number of fused-ring (bicyclic) bond motifs is 1. The van der Waals surface area contributed by atoms with Crippen LogP contribution in [0.25, 0.3) is 10.8 Å². The van der Waals surface area contributed by atoms with Gasteiger partial charge in [-0.05, 0) is 36.1 Å². The number of carboxylic acids is 1. The molecule has 0 saturated carbocycles. The van der Waals surface area contributed by atoms with Crippen molar-refractivity contribution >= 4 is 22.4 Å². The smallest absolute Gasteiger partial charge is 0.335 e. The van der Waals surface area contributed by atoms with Crippen LogP contribution in [0.3, 0.4) is 0 Å². The fourth-order valence-electron chi connectivity index (χ4n) is 2.97. The number of nitrogens with zero attached hydrogens (tertiary/aromatic N) is 1. The van der Waals surface area contributed by atoms with E-state index in [4.69, 9.17) is 9.84 Å². The molecule has 0 heterocycles. The van der Waals surface area contributed by atoms with Gasteiger partial charge in [-0.2, -0.15) is 0 Å². The Kier molecular flexibility index (Phi) is 7.38. The van der Waals surface area contributed by atoms with Gasteiger partial charge < -0.3 is 9.84 Å². The van der Waals surface area contributed by atoms with E-state index in [1.54, 1.807) is 12.1 Å². The van der Waals surface area contributed by atoms with Crippen molar-refractivity contribution in [2.24, 2.45) is 0 Å². The van der Waals surface area contributed by atoms with Gasteiger partial charge in [0.15, 0.2) is 5.75 Å². The van der Waals surface area contributed by atoms with E-state index in [2.05, 4.69) is 6.92 Å². The molecule has 0 fully saturated rings. The van der Waals surface area contributed by atoms with Gasteiger partial charge in [0.05, 0.1) is 22.5 Å². The van der Waals surface area contributed by atoms with E-state index in [1.165, 1.54) is 43.9 Å². The van der Waals surface area contributed by atoms with E-state index in [1.807, 2.05) is 0 Å². The minimum Gasteiger partial charge on any atom is -0.487 e. The van der Waals surface area contributed by atoms with Crippen molar-refractivity contribution in [1.82, 2.24) is 0 Å². The number of benzene rings is 2. The van der Waals surface area contributed by atoms with Crippen LogP contribution < -0.4 is 4.74 Å². The zero-order valence-corrected chi connectivity index (χ0v) is 15.1. The Morgan fingerprint density at radius 1 is 1.08 bits per heavy atom. The summed E-state index contributed by atoms with van der Waals surface area (Å²) in [5.41, 5.74) is -0.00840. The predicted octanol–water partition coefficient (Wildman–Crippen LogP) is 5.58. The summed E-state index contributed by atoms with van der Waals surface area (Å²) in [4.78, 5) is 22.1. The molecule has 2 rings (SSSR count). The van der Waals surface area contributed by atoms with Gasteiger partial charge in [0.25, 0.3) is 0 Å². The molecule has 6 heteroatoms. The van der Waals surface area contributed by atoms with Crippen LogP contribution in [-0.4, -0.2) is 22.6 Å². The van der Waals surface area contributed by atoms with E-state index >= 15 is 0 Å². The van der Waals surface area contributed by atoms with E-state index in [9.17, 15) is 14.9 Å². The molecular weight excluding hydrogens is 334 g/mol. The number of rotatable bonds is 11. The summed E-state index contributed by atoms with van der Waals surface area (Å²) in [6, 6.07) is 7.49. The lowest BCUT2D eigenvalue weighted by atomic mass is 10.0. The number of ether oxygens (including phenoxy) is 1. The molecule has 6 nitrogen and oxygen atoms in total. The average molecular weight is 359 g/mol. The molecule has 26 heavy (non-hydrogen) atoms. The van der Waals surface area contributed by atoms with Crippen LogP contribution in [-0.2, 0) is 0 Å². The number of aromatic carboxylic acids is 1. The van der Waals surface area contributed by atoms with Gasteiger partial charge in [-0.3, -0.25) is 10.1 Å². The quantitative estimate of drug-likeness (QED) is 0.321. The maximum atomic E-state index is 11.5. The highest BCUT2D eigenvalue weighted by Crippen LogP contribution is 2.35. The molecule has 0 bridgehead atoms. The minimum atomic E-state index is -1.06. The number of carbonyl (C=O) groups is 1. The maximum absolute atomic E-state index is 11.5. The van der Waals surface area contributed by atoms with Gasteiger partial charge in [-0.1, -0.05) is 51.5 Å². The van der Waals surface area contributed by atoms with Crippen molar-refractivity contribution in [3.05, 3.63) is 46.0 Å². The normalized spacial score (nSPS) is 10.8. The first-order chi connectivity index (χ1) is 12.5. The van der Waals surface area contributed by atoms with Crippen LogP contribution in [0.2, 0.25) is 0 Å². The molecule has 2 aromatic rings. The summed E-state index contributed by atoms with van der Waals surface area (Å²) >= 11 is 0. The SMILES string of the molecule is CCCCCCCCCOc1ccc2cc(C(=O)O)ccc2c1[N+](=O)[O-]. The van der Waals surface area contributed by atoms with Crippen LogP contribution in [0, 0.1) is 10.1 Å². The topological polar surface area (TPSA) is 89.7 Å². The third-order valence-corrected chi connectivity index (χ3v) is 4.39. The first-order valence-corrected chi connectivity index (χ1v) is 9.12. The standard InChI is InChI=1S/C20H25NO5/c1-2-3-4-5-6-7-8-13-26-18-12-10-15-14-16(20(22)23)9-11-17(15)19(18)21(24)25/h9-12,14H,2-8,13H2,1H3,(H,22,23). The first-order valence-electron chi connectivity index (χ1n) is 9.12. The van der Waals surface area contributed by atoms with Gasteiger partial charge in [0.1, 0.15) is 0 Å². The van der Waals surface area contributed by atoms with Crippen molar-refractivity contribution in [2.45, 2.75) is 51.9 Å². The molecule has 0 radical (unpaired) electrons.